The SMILES string of the molecule is COc1nc(NS(=O)(=O)c2ccccc2Cl)cnc1Cl. The van der Waals surface area contributed by atoms with Crippen molar-refractivity contribution >= 4 is 39.0 Å². The van der Waals surface area contributed by atoms with E-state index < -0.39 is 10.0 Å². The lowest BCUT2D eigenvalue weighted by molar-refractivity contribution is 0.396. The molecule has 0 fully saturated rings. The second-order valence-corrected chi connectivity index (χ2v) is 6.01. The number of halogens is 2. The van der Waals surface area contributed by atoms with E-state index >= 15 is 0 Å². The van der Waals surface area contributed by atoms with E-state index in [-0.39, 0.29) is 26.8 Å². The Kier molecular flexibility index (Phi) is 4.32. The molecule has 0 saturated heterocycles. The molecular formula is C11H9Cl2N3O3S. The highest BCUT2D eigenvalue weighted by Gasteiger charge is 2.19. The van der Waals surface area contributed by atoms with E-state index in [1.165, 1.54) is 25.4 Å². The maximum absolute atomic E-state index is 12.2. The van der Waals surface area contributed by atoms with Crippen LogP contribution in [0.4, 0.5) is 5.82 Å². The van der Waals surface area contributed by atoms with E-state index in [9.17, 15) is 8.42 Å². The summed E-state index contributed by atoms with van der Waals surface area (Å²) in [6.45, 7) is 0. The van der Waals surface area contributed by atoms with E-state index in [0.29, 0.717) is 0 Å². The number of hydrogen-bond donors (Lipinski definition) is 1. The average Bonchev–Trinajstić information content (AvgIpc) is 2.41. The molecule has 0 spiro atoms. The van der Waals surface area contributed by atoms with Gasteiger partial charge in [0.05, 0.1) is 18.3 Å². The van der Waals surface area contributed by atoms with Crippen LogP contribution in [0.1, 0.15) is 0 Å². The van der Waals surface area contributed by atoms with E-state index in [2.05, 4.69) is 14.7 Å². The number of benzene rings is 1. The second kappa shape index (κ2) is 5.82. The molecule has 2 rings (SSSR count). The summed E-state index contributed by atoms with van der Waals surface area (Å²) in [5.74, 6) is -0.00260. The van der Waals surface area contributed by atoms with Gasteiger partial charge in [-0.05, 0) is 12.1 Å². The molecule has 0 radical (unpaired) electrons. The Morgan fingerprint density at radius 3 is 2.60 bits per heavy atom. The van der Waals surface area contributed by atoms with E-state index in [0.717, 1.165) is 0 Å². The molecule has 0 aliphatic rings. The third-order valence-corrected chi connectivity index (χ3v) is 4.37. The lowest BCUT2D eigenvalue weighted by Crippen LogP contribution is -2.14. The van der Waals surface area contributed by atoms with Crippen LogP contribution in [0.15, 0.2) is 35.4 Å². The number of nitrogens with zero attached hydrogens (tertiary/aromatic N) is 2. The minimum absolute atomic E-state index is 0.0195. The molecule has 0 aliphatic heterocycles. The van der Waals surface area contributed by atoms with Gasteiger partial charge < -0.3 is 4.74 Å². The monoisotopic (exact) mass is 333 g/mol. The van der Waals surface area contributed by atoms with Crippen LogP contribution in [0.25, 0.3) is 0 Å². The first-order valence-corrected chi connectivity index (χ1v) is 7.52. The molecule has 1 aromatic carbocycles. The lowest BCUT2D eigenvalue weighted by Gasteiger charge is -2.09. The molecule has 106 valence electrons. The first-order valence-electron chi connectivity index (χ1n) is 5.28. The summed E-state index contributed by atoms with van der Waals surface area (Å²) in [6, 6.07) is 6.05. The van der Waals surface area contributed by atoms with Gasteiger partial charge in [-0.2, -0.15) is 4.98 Å². The number of sulfonamides is 1. The van der Waals surface area contributed by atoms with Gasteiger partial charge in [0.15, 0.2) is 11.0 Å². The molecular weight excluding hydrogens is 325 g/mol. The third-order valence-electron chi connectivity index (χ3n) is 2.26. The predicted molar refractivity (Wildman–Crippen MR) is 75.9 cm³/mol. The van der Waals surface area contributed by atoms with Crippen molar-refractivity contribution in [3.8, 4) is 5.88 Å². The standard InChI is InChI=1S/C11H9Cl2N3O3S/c1-19-11-10(13)14-6-9(15-11)16-20(17,18)8-5-3-2-4-7(8)12/h2-6H,1H3,(H,15,16). The summed E-state index contributed by atoms with van der Waals surface area (Å²) in [5.41, 5.74) is 0. The summed E-state index contributed by atoms with van der Waals surface area (Å²) in [7, 11) is -2.52. The van der Waals surface area contributed by atoms with Gasteiger partial charge in [-0.1, -0.05) is 35.3 Å². The number of anilines is 1. The summed E-state index contributed by atoms with van der Waals surface area (Å²) in [5, 5.41) is 0.141. The quantitative estimate of drug-likeness (QED) is 0.929. The molecule has 1 heterocycles. The molecule has 0 bridgehead atoms. The van der Waals surface area contributed by atoms with Crippen molar-refractivity contribution in [3.63, 3.8) is 0 Å². The molecule has 1 aromatic heterocycles. The fourth-order valence-corrected chi connectivity index (χ4v) is 3.07. The van der Waals surface area contributed by atoms with E-state index in [1.54, 1.807) is 12.1 Å². The maximum atomic E-state index is 12.2. The number of nitrogens with one attached hydrogen (secondary N) is 1. The van der Waals surface area contributed by atoms with Gasteiger partial charge in [0.25, 0.3) is 15.9 Å². The summed E-state index contributed by atoms with van der Waals surface area (Å²) < 4.78 is 31.5. The van der Waals surface area contributed by atoms with Crippen molar-refractivity contribution in [2.75, 3.05) is 11.8 Å². The Morgan fingerprint density at radius 2 is 1.95 bits per heavy atom. The zero-order chi connectivity index (χ0) is 14.8. The van der Waals surface area contributed by atoms with Crippen LogP contribution in [0.2, 0.25) is 10.2 Å². The lowest BCUT2D eigenvalue weighted by atomic mass is 10.4. The van der Waals surface area contributed by atoms with Crippen LogP contribution in [0, 0.1) is 0 Å². The van der Waals surface area contributed by atoms with Crippen LogP contribution >= 0.6 is 23.2 Å². The number of aromatic nitrogens is 2. The largest absolute Gasteiger partial charge is 0.479 e. The van der Waals surface area contributed by atoms with Crippen LogP contribution < -0.4 is 9.46 Å². The smallest absolute Gasteiger partial charge is 0.264 e. The Morgan fingerprint density at radius 1 is 1.25 bits per heavy atom. The van der Waals surface area contributed by atoms with Crippen molar-refractivity contribution < 1.29 is 13.2 Å². The molecule has 6 nitrogen and oxygen atoms in total. The zero-order valence-electron chi connectivity index (χ0n) is 10.2. The molecule has 0 saturated carbocycles. The topological polar surface area (TPSA) is 81.2 Å². The Bertz CT molecular complexity index is 737. The molecule has 0 aliphatic carbocycles. The third kappa shape index (κ3) is 3.12. The highest BCUT2D eigenvalue weighted by molar-refractivity contribution is 7.92. The van der Waals surface area contributed by atoms with Crippen LogP contribution in [0.5, 0.6) is 5.88 Å². The van der Waals surface area contributed by atoms with Gasteiger partial charge in [0, 0.05) is 0 Å². The molecule has 9 heteroatoms. The van der Waals surface area contributed by atoms with Crippen LogP contribution in [-0.2, 0) is 10.0 Å². The first-order chi connectivity index (χ1) is 9.44. The highest BCUT2D eigenvalue weighted by Crippen LogP contribution is 2.24. The van der Waals surface area contributed by atoms with Crippen molar-refractivity contribution in [1.82, 2.24) is 9.97 Å². The van der Waals surface area contributed by atoms with Crippen molar-refractivity contribution in [3.05, 3.63) is 40.6 Å². The highest BCUT2D eigenvalue weighted by atomic mass is 35.5. The molecule has 0 amide bonds. The number of hydrogen-bond acceptors (Lipinski definition) is 5. The van der Waals surface area contributed by atoms with Crippen molar-refractivity contribution in [2.24, 2.45) is 0 Å². The molecule has 0 unspecified atom stereocenters. The predicted octanol–water partition coefficient (Wildman–Crippen LogP) is 2.59. The number of rotatable bonds is 4. The minimum Gasteiger partial charge on any atom is -0.479 e. The summed E-state index contributed by atoms with van der Waals surface area (Å²) >= 11 is 11.6. The van der Waals surface area contributed by atoms with Crippen molar-refractivity contribution in [2.45, 2.75) is 4.90 Å². The van der Waals surface area contributed by atoms with Gasteiger partial charge >= 0.3 is 0 Å². The average molecular weight is 334 g/mol. The van der Waals surface area contributed by atoms with Gasteiger partial charge in [0.1, 0.15) is 4.90 Å². The second-order valence-electron chi connectivity index (χ2n) is 3.59. The Hall–Kier alpha value is -1.57. The zero-order valence-corrected chi connectivity index (χ0v) is 12.5. The minimum atomic E-state index is -3.86. The summed E-state index contributed by atoms with van der Waals surface area (Å²) in [6.07, 6.45) is 1.18. The molecule has 2 aromatic rings. The van der Waals surface area contributed by atoms with Crippen LogP contribution in [0.3, 0.4) is 0 Å². The fraction of sp³-hybridized carbons (Fsp3) is 0.0909. The number of ether oxygens (including phenoxy) is 1. The Labute approximate surface area is 125 Å². The number of methoxy groups -OCH3 is 1. The van der Waals surface area contributed by atoms with Crippen LogP contribution in [-0.4, -0.2) is 25.5 Å². The molecule has 1 N–H and O–H groups in total. The van der Waals surface area contributed by atoms with Crippen molar-refractivity contribution in [1.29, 1.82) is 0 Å². The van der Waals surface area contributed by atoms with Gasteiger partial charge in [-0.15, -0.1) is 0 Å². The summed E-state index contributed by atoms with van der Waals surface area (Å²) in [4.78, 5) is 7.59. The molecule has 0 atom stereocenters. The fourth-order valence-electron chi connectivity index (χ4n) is 1.39. The molecule has 20 heavy (non-hydrogen) atoms. The van der Waals surface area contributed by atoms with Gasteiger partial charge in [-0.25, -0.2) is 13.4 Å². The van der Waals surface area contributed by atoms with Gasteiger partial charge in [-0.3, -0.25) is 4.72 Å². The van der Waals surface area contributed by atoms with E-state index in [1.807, 2.05) is 0 Å². The first kappa shape index (κ1) is 14.8. The van der Waals surface area contributed by atoms with E-state index in [4.69, 9.17) is 27.9 Å². The van der Waals surface area contributed by atoms with Gasteiger partial charge in [0.2, 0.25) is 0 Å². The Balaban J connectivity index is 2.36. The normalized spacial score (nSPS) is 11.2. The maximum Gasteiger partial charge on any atom is 0.264 e.